The van der Waals surface area contributed by atoms with Crippen molar-refractivity contribution in [3.63, 3.8) is 0 Å². The molecule has 1 aliphatic heterocycles. The molecule has 0 unspecified atom stereocenters. The van der Waals surface area contributed by atoms with E-state index in [4.69, 9.17) is 0 Å². The van der Waals surface area contributed by atoms with Gasteiger partial charge in [0, 0.05) is 12.1 Å². The van der Waals surface area contributed by atoms with Crippen LogP contribution in [0.2, 0.25) is 0 Å². The van der Waals surface area contributed by atoms with E-state index in [0.717, 1.165) is 23.9 Å². The summed E-state index contributed by atoms with van der Waals surface area (Å²) in [5, 5.41) is 4.96. The number of benzene rings is 1. The number of H-pyrrole nitrogens is 1. The molecule has 170 valence electrons. The van der Waals surface area contributed by atoms with Gasteiger partial charge in [-0.05, 0) is 31.9 Å². The second-order valence-corrected chi connectivity index (χ2v) is 11.1. The molecule has 1 amide bonds. The number of nitrogens with one attached hydrogen (secondary N) is 1. The standard InChI is InChI=1S/C21H25N5O4S2/c1-3-14(2)25(16-9-10-32(29,30)13-16)18(27)12-31-21-23-19-17(20(28)24-21)11-22-26(19)15-7-5-4-6-8-15/h4-8,11,14,16H,3,9-10,12-13H2,1-2H3,(H,23,24,28)/t14-,16+/m1/s1. The Bertz CT molecular complexity index is 1290. The Hall–Kier alpha value is -2.66. The Morgan fingerprint density at radius 2 is 2.09 bits per heavy atom. The lowest BCUT2D eigenvalue weighted by molar-refractivity contribution is -0.132. The smallest absolute Gasteiger partial charge is 0.262 e. The molecule has 1 aromatic carbocycles. The number of fused-ring (bicyclic) bond motifs is 1. The lowest BCUT2D eigenvalue weighted by Crippen LogP contribution is -2.47. The van der Waals surface area contributed by atoms with Crippen LogP contribution in [0.3, 0.4) is 0 Å². The van der Waals surface area contributed by atoms with Gasteiger partial charge in [-0.2, -0.15) is 5.10 Å². The molecule has 1 N–H and O–H groups in total. The van der Waals surface area contributed by atoms with E-state index in [0.29, 0.717) is 22.6 Å². The summed E-state index contributed by atoms with van der Waals surface area (Å²) in [5.41, 5.74) is 0.862. The Labute approximate surface area is 190 Å². The second-order valence-electron chi connectivity index (χ2n) is 7.90. The van der Waals surface area contributed by atoms with Crippen molar-refractivity contribution in [2.24, 2.45) is 0 Å². The van der Waals surface area contributed by atoms with Crippen LogP contribution in [0.4, 0.5) is 0 Å². The number of carbonyl (C=O) groups excluding carboxylic acids is 1. The molecule has 4 rings (SSSR count). The second kappa shape index (κ2) is 9.07. The number of rotatable bonds is 7. The number of carbonyl (C=O) groups is 1. The number of thioether (sulfide) groups is 1. The molecule has 2 aromatic heterocycles. The summed E-state index contributed by atoms with van der Waals surface area (Å²) in [6.45, 7) is 3.90. The molecule has 0 spiro atoms. The Balaban J connectivity index is 1.56. The normalized spacial score (nSPS) is 18.6. The monoisotopic (exact) mass is 475 g/mol. The minimum atomic E-state index is -3.11. The maximum Gasteiger partial charge on any atom is 0.262 e. The zero-order chi connectivity index (χ0) is 22.9. The van der Waals surface area contributed by atoms with E-state index in [1.165, 1.54) is 6.20 Å². The van der Waals surface area contributed by atoms with Crippen molar-refractivity contribution >= 4 is 38.5 Å². The minimum absolute atomic E-state index is 0.00501. The topological polar surface area (TPSA) is 118 Å². The van der Waals surface area contributed by atoms with E-state index in [1.807, 2.05) is 44.2 Å². The number of sulfone groups is 1. The zero-order valence-corrected chi connectivity index (χ0v) is 19.5. The summed E-state index contributed by atoms with van der Waals surface area (Å²) in [4.78, 5) is 34.5. The van der Waals surface area contributed by atoms with Gasteiger partial charge in [-0.15, -0.1) is 0 Å². The Kier molecular flexibility index (Phi) is 6.38. The van der Waals surface area contributed by atoms with Crippen molar-refractivity contribution in [2.45, 2.75) is 43.9 Å². The van der Waals surface area contributed by atoms with Gasteiger partial charge >= 0.3 is 0 Å². The van der Waals surface area contributed by atoms with Crippen molar-refractivity contribution < 1.29 is 13.2 Å². The third-order valence-corrected chi connectivity index (χ3v) is 8.31. The number of hydrogen-bond donors (Lipinski definition) is 1. The Morgan fingerprint density at radius 1 is 1.34 bits per heavy atom. The number of para-hydroxylation sites is 1. The van der Waals surface area contributed by atoms with Gasteiger partial charge in [0.15, 0.2) is 20.6 Å². The molecule has 0 saturated carbocycles. The number of hydrogen-bond acceptors (Lipinski definition) is 7. The van der Waals surface area contributed by atoms with Gasteiger partial charge in [0.05, 0.1) is 29.1 Å². The summed E-state index contributed by atoms with van der Waals surface area (Å²) in [6.07, 6.45) is 2.66. The first kappa shape index (κ1) is 22.5. The van der Waals surface area contributed by atoms with Crippen LogP contribution < -0.4 is 5.56 Å². The third-order valence-electron chi connectivity index (χ3n) is 5.70. The molecule has 1 saturated heterocycles. The SMILES string of the molecule is CC[C@@H](C)N(C(=O)CSc1nc2c(cnn2-c2ccccc2)c(=O)[nH]1)[C@H]1CCS(=O)(=O)C1. The molecule has 1 aliphatic rings. The average Bonchev–Trinajstić information content (AvgIpc) is 3.36. The number of amides is 1. The first-order valence-electron chi connectivity index (χ1n) is 10.5. The van der Waals surface area contributed by atoms with Gasteiger partial charge in [-0.25, -0.2) is 18.1 Å². The molecule has 3 aromatic rings. The van der Waals surface area contributed by atoms with Crippen LogP contribution in [0.1, 0.15) is 26.7 Å². The first-order chi connectivity index (χ1) is 15.3. The summed E-state index contributed by atoms with van der Waals surface area (Å²) in [6, 6.07) is 8.98. The fourth-order valence-electron chi connectivity index (χ4n) is 3.93. The lowest BCUT2D eigenvalue weighted by Gasteiger charge is -2.33. The van der Waals surface area contributed by atoms with E-state index in [2.05, 4.69) is 15.1 Å². The molecule has 2 atom stereocenters. The highest BCUT2D eigenvalue weighted by Crippen LogP contribution is 2.24. The van der Waals surface area contributed by atoms with E-state index in [9.17, 15) is 18.0 Å². The van der Waals surface area contributed by atoms with Gasteiger partial charge in [-0.1, -0.05) is 36.9 Å². The van der Waals surface area contributed by atoms with Crippen molar-refractivity contribution in [3.8, 4) is 5.69 Å². The van der Waals surface area contributed by atoms with Gasteiger partial charge in [-0.3, -0.25) is 9.59 Å². The van der Waals surface area contributed by atoms with Crippen LogP contribution in [0, 0.1) is 0 Å². The molecule has 32 heavy (non-hydrogen) atoms. The van der Waals surface area contributed by atoms with Crippen LogP contribution in [-0.4, -0.2) is 68.3 Å². The minimum Gasteiger partial charge on any atom is -0.335 e. The highest BCUT2D eigenvalue weighted by Gasteiger charge is 2.36. The average molecular weight is 476 g/mol. The summed E-state index contributed by atoms with van der Waals surface area (Å²) in [5.74, 6) is 0.00524. The molecule has 3 heterocycles. The molecule has 0 bridgehead atoms. The fourth-order valence-corrected chi connectivity index (χ4v) is 6.37. The van der Waals surface area contributed by atoms with E-state index < -0.39 is 9.84 Å². The quantitative estimate of drug-likeness (QED) is 0.410. The van der Waals surface area contributed by atoms with Crippen LogP contribution in [0.15, 0.2) is 46.5 Å². The first-order valence-corrected chi connectivity index (χ1v) is 13.3. The highest BCUT2D eigenvalue weighted by molar-refractivity contribution is 7.99. The van der Waals surface area contributed by atoms with Crippen molar-refractivity contribution in [2.75, 3.05) is 17.3 Å². The fraction of sp³-hybridized carbons (Fsp3) is 0.429. The molecule has 0 aliphatic carbocycles. The van der Waals surface area contributed by atoms with E-state index >= 15 is 0 Å². The Morgan fingerprint density at radius 3 is 2.75 bits per heavy atom. The predicted molar refractivity (Wildman–Crippen MR) is 124 cm³/mol. The van der Waals surface area contributed by atoms with Gasteiger partial charge in [0.1, 0.15) is 5.39 Å². The third kappa shape index (κ3) is 4.58. The van der Waals surface area contributed by atoms with Crippen molar-refractivity contribution in [3.05, 3.63) is 46.9 Å². The molecule has 9 nitrogen and oxygen atoms in total. The molecular formula is C21H25N5O4S2. The number of aromatic nitrogens is 4. The van der Waals surface area contributed by atoms with Gasteiger partial charge < -0.3 is 9.88 Å². The molecular weight excluding hydrogens is 450 g/mol. The lowest BCUT2D eigenvalue weighted by atomic mass is 10.1. The maximum absolute atomic E-state index is 13.1. The van der Waals surface area contributed by atoms with Crippen LogP contribution >= 0.6 is 11.8 Å². The number of nitrogens with zero attached hydrogens (tertiary/aromatic N) is 4. The summed E-state index contributed by atoms with van der Waals surface area (Å²) in [7, 11) is -3.11. The number of aromatic amines is 1. The van der Waals surface area contributed by atoms with Gasteiger partial charge in [0.2, 0.25) is 5.91 Å². The van der Waals surface area contributed by atoms with Crippen LogP contribution in [0.5, 0.6) is 0 Å². The largest absolute Gasteiger partial charge is 0.335 e. The molecule has 1 fully saturated rings. The summed E-state index contributed by atoms with van der Waals surface area (Å²) < 4.78 is 25.5. The van der Waals surface area contributed by atoms with Crippen LogP contribution in [0.25, 0.3) is 16.7 Å². The molecule has 11 heteroatoms. The predicted octanol–water partition coefficient (Wildman–Crippen LogP) is 2.02. The molecule has 0 radical (unpaired) electrons. The van der Waals surface area contributed by atoms with E-state index in [-0.39, 0.29) is 40.8 Å². The maximum atomic E-state index is 13.1. The summed E-state index contributed by atoms with van der Waals surface area (Å²) >= 11 is 1.13. The van der Waals surface area contributed by atoms with Crippen molar-refractivity contribution in [1.29, 1.82) is 0 Å². The van der Waals surface area contributed by atoms with E-state index in [1.54, 1.807) is 9.58 Å². The van der Waals surface area contributed by atoms with Crippen molar-refractivity contribution in [1.82, 2.24) is 24.6 Å². The van der Waals surface area contributed by atoms with Crippen LogP contribution in [-0.2, 0) is 14.6 Å². The highest BCUT2D eigenvalue weighted by atomic mass is 32.2. The zero-order valence-electron chi connectivity index (χ0n) is 17.9. The van der Waals surface area contributed by atoms with Gasteiger partial charge in [0.25, 0.3) is 5.56 Å².